The zero-order valence-corrected chi connectivity index (χ0v) is 10.9. The zero-order chi connectivity index (χ0) is 13.5. The predicted octanol–water partition coefficient (Wildman–Crippen LogP) is 2.36. The lowest BCUT2D eigenvalue weighted by molar-refractivity contribution is 0.0791. The van der Waals surface area contributed by atoms with Gasteiger partial charge < -0.3 is 14.8 Å². The second-order valence-electron chi connectivity index (χ2n) is 4.33. The van der Waals surface area contributed by atoms with Crippen LogP contribution >= 0.6 is 0 Å². The predicted molar refractivity (Wildman–Crippen MR) is 65.8 cm³/mol. The molecule has 1 unspecified atom stereocenters. The number of benzene rings is 1. The molecular formula is C13H19F2NO2. The highest BCUT2D eigenvalue weighted by Gasteiger charge is 2.12. The smallest absolute Gasteiger partial charge is 0.162 e. The van der Waals surface area contributed by atoms with E-state index in [4.69, 9.17) is 9.47 Å². The Kier molecular flexibility index (Phi) is 6.01. The molecule has 1 N–H and O–H groups in total. The molecule has 102 valence electrons. The van der Waals surface area contributed by atoms with Crippen LogP contribution in [-0.4, -0.2) is 32.4 Å². The van der Waals surface area contributed by atoms with E-state index in [1.165, 1.54) is 6.07 Å². The molecule has 0 aliphatic carbocycles. The van der Waals surface area contributed by atoms with Gasteiger partial charge in [-0.25, -0.2) is 8.78 Å². The number of methoxy groups -OCH3 is 1. The topological polar surface area (TPSA) is 30.5 Å². The van der Waals surface area contributed by atoms with Crippen molar-refractivity contribution in [2.75, 3.05) is 20.3 Å². The highest BCUT2D eigenvalue weighted by Crippen LogP contribution is 2.16. The molecule has 0 radical (unpaired) electrons. The van der Waals surface area contributed by atoms with Gasteiger partial charge in [0.15, 0.2) is 11.6 Å². The van der Waals surface area contributed by atoms with E-state index in [1.54, 1.807) is 7.11 Å². The van der Waals surface area contributed by atoms with E-state index < -0.39 is 11.6 Å². The first-order valence-corrected chi connectivity index (χ1v) is 5.87. The lowest BCUT2D eigenvalue weighted by Gasteiger charge is -2.20. The highest BCUT2D eigenvalue weighted by molar-refractivity contribution is 5.23. The molecule has 1 aromatic rings. The molecular weight excluding hydrogens is 240 g/mol. The van der Waals surface area contributed by atoms with Crippen molar-refractivity contribution in [3.63, 3.8) is 0 Å². The number of ether oxygens (including phenoxy) is 2. The van der Waals surface area contributed by atoms with Crippen molar-refractivity contribution in [3.8, 4) is 5.75 Å². The van der Waals surface area contributed by atoms with Gasteiger partial charge in [-0.2, -0.15) is 0 Å². The molecule has 0 saturated heterocycles. The third kappa shape index (κ3) is 4.98. The van der Waals surface area contributed by atoms with Gasteiger partial charge in [0.25, 0.3) is 0 Å². The van der Waals surface area contributed by atoms with Gasteiger partial charge in [0, 0.05) is 25.8 Å². The molecule has 1 rings (SSSR count). The van der Waals surface area contributed by atoms with Gasteiger partial charge in [-0.05, 0) is 12.1 Å². The first-order chi connectivity index (χ1) is 8.52. The Labute approximate surface area is 106 Å². The van der Waals surface area contributed by atoms with E-state index in [2.05, 4.69) is 5.32 Å². The minimum absolute atomic E-state index is 0.248. The molecule has 3 nitrogen and oxygen atoms in total. The van der Waals surface area contributed by atoms with Crippen molar-refractivity contribution in [3.05, 3.63) is 29.8 Å². The number of rotatable bonds is 7. The number of hydrogen-bond acceptors (Lipinski definition) is 3. The van der Waals surface area contributed by atoms with Crippen molar-refractivity contribution in [2.45, 2.75) is 26.0 Å². The van der Waals surface area contributed by atoms with Crippen molar-refractivity contribution >= 4 is 0 Å². The lowest BCUT2D eigenvalue weighted by atomic mass is 10.3. The molecule has 0 spiro atoms. The molecule has 0 aliphatic rings. The van der Waals surface area contributed by atoms with Crippen LogP contribution in [-0.2, 0) is 4.74 Å². The summed E-state index contributed by atoms with van der Waals surface area (Å²) >= 11 is 0. The van der Waals surface area contributed by atoms with Crippen LogP contribution in [0.2, 0.25) is 0 Å². The van der Waals surface area contributed by atoms with Crippen molar-refractivity contribution in [1.29, 1.82) is 0 Å². The fourth-order valence-electron chi connectivity index (χ4n) is 1.43. The maximum atomic E-state index is 13.0. The van der Waals surface area contributed by atoms with E-state index in [1.807, 2.05) is 13.8 Å². The second-order valence-corrected chi connectivity index (χ2v) is 4.33. The van der Waals surface area contributed by atoms with Crippen LogP contribution < -0.4 is 10.1 Å². The van der Waals surface area contributed by atoms with Crippen LogP contribution in [0.4, 0.5) is 8.78 Å². The monoisotopic (exact) mass is 259 g/mol. The standard InChI is InChI=1S/C13H19F2NO2/c1-9(2)16-7-11(8-17-3)18-10-4-5-12(14)13(15)6-10/h4-6,9,11,16H,7-8H2,1-3H3. The van der Waals surface area contributed by atoms with Crippen molar-refractivity contribution in [2.24, 2.45) is 0 Å². The molecule has 1 atom stereocenters. The van der Waals surface area contributed by atoms with Crippen molar-refractivity contribution in [1.82, 2.24) is 5.32 Å². The fourth-order valence-corrected chi connectivity index (χ4v) is 1.43. The van der Waals surface area contributed by atoms with Gasteiger partial charge in [-0.3, -0.25) is 0 Å². The quantitative estimate of drug-likeness (QED) is 0.815. The summed E-state index contributed by atoms with van der Waals surface area (Å²) < 4.78 is 36.4. The van der Waals surface area contributed by atoms with Crippen LogP contribution in [0.5, 0.6) is 5.75 Å². The summed E-state index contributed by atoms with van der Waals surface area (Å²) in [6, 6.07) is 3.80. The minimum atomic E-state index is -0.916. The molecule has 0 amide bonds. The van der Waals surface area contributed by atoms with Crippen LogP contribution in [0, 0.1) is 11.6 Å². The van der Waals surface area contributed by atoms with Gasteiger partial charge in [0.05, 0.1) is 6.61 Å². The Morgan fingerprint density at radius 3 is 2.50 bits per heavy atom. The number of hydrogen-bond donors (Lipinski definition) is 1. The van der Waals surface area contributed by atoms with E-state index in [0.717, 1.165) is 12.1 Å². The number of halogens is 2. The van der Waals surface area contributed by atoms with Gasteiger partial charge in [0.2, 0.25) is 0 Å². The molecule has 5 heteroatoms. The molecule has 18 heavy (non-hydrogen) atoms. The third-order valence-corrected chi connectivity index (χ3v) is 2.30. The summed E-state index contributed by atoms with van der Waals surface area (Å²) in [5.41, 5.74) is 0. The second kappa shape index (κ2) is 7.28. The molecule has 0 heterocycles. The SMILES string of the molecule is COCC(CNC(C)C)Oc1ccc(F)c(F)c1. The normalized spacial score (nSPS) is 12.8. The molecule has 0 bridgehead atoms. The minimum Gasteiger partial charge on any atom is -0.487 e. The van der Waals surface area contributed by atoms with Crippen molar-refractivity contribution < 1.29 is 18.3 Å². The summed E-state index contributed by atoms with van der Waals surface area (Å²) in [5.74, 6) is -1.51. The van der Waals surface area contributed by atoms with E-state index in [0.29, 0.717) is 24.9 Å². The first kappa shape index (κ1) is 14.9. The maximum absolute atomic E-state index is 13.0. The highest BCUT2D eigenvalue weighted by atomic mass is 19.2. The average Bonchev–Trinajstić information content (AvgIpc) is 2.31. The zero-order valence-electron chi connectivity index (χ0n) is 10.9. The Balaban J connectivity index is 2.61. The summed E-state index contributed by atoms with van der Waals surface area (Å²) in [4.78, 5) is 0. The summed E-state index contributed by atoms with van der Waals surface area (Å²) in [5, 5.41) is 3.20. The van der Waals surface area contributed by atoms with Crippen LogP contribution in [0.3, 0.4) is 0 Å². The Hall–Kier alpha value is -1.20. The van der Waals surface area contributed by atoms with Gasteiger partial charge in [0.1, 0.15) is 11.9 Å². The third-order valence-electron chi connectivity index (χ3n) is 2.30. The number of nitrogens with one attached hydrogen (secondary N) is 1. The van der Waals surface area contributed by atoms with Gasteiger partial charge in [-0.15, -0.1) is 0 Å². The Morgan fingerprint density at radius 2 is 1.94 bits per heavy atom. The molecule has 0 aliphatic heterocycles. The summed E-state index contributed by atoms with van der Waals surface area (Å²) in [6.45, 7) is 4.98. The maximum Gasteiger partial charge on any atom is 0.162 e. The summed E-state index contributed by atoms with van der Waals surface area (Å²) in [7, 11) is 1.57. The molecule has 0 saturated carbocycles. The average molecular weight is 259 g/mol. The largest absolute Gasteiger partial charge is 0.487 e. The van der Waals surface area contributed by atoms with Gasteiger partial charge >= 0.3 is 0 Å². The molecule has 0 aromatic heterocycles. The van der Waals surface area contributed by atoms with Crippen LogP contribution in [0.25, 0.3) is 0 Å². The Morgan fingerprint density at radius 1 is 1.22 bits per heavy atom. The first-order valence-electron chi connectivity index (χ1n) is 5.87. The Bertz CT molecular complexity index is 372. The van der Waals surface area contributed by atoms with Crippen LogP contribution in [0.1, 0.15) is 13.8 Å². The van der Waals surface area contributed by atoms with Gasteiger partial charge in [-0.1, -0.05) is 13.8 Å². The lowest BCUT2D eigenvalue weighted by Crippen LogP contribution is -2.38. The van der Waals surface area contributed by atoms with Crippen LogP contribution in [0.15, 0.2) is 18.2 Å². The molecule has 1 aromatic carbocycles. The fraction of sp³-hybridized carbons (Fsp3) is 0.538. The summed E-state index contributed by atoms with van der Waals surface area (Å²) in [6.07, 6.45) is -0.248. The van der Waals surface area contributed by atoms with E-state index >= 15 is 0 Å². The molecule has 0 fully saturated rings. The van der Waals surface area contributed by atoms with E-state index in [9.17, 15) is 8.78 Å². The van der Waals surface area contributed by atoms with E-state index in [-0.39, 0.29) is 6.10 Å².